The molecule has 0 saturated carbocycles. The van der Waals surface area contributed by atoms with Crippen molar-refractivity contribution >= 4 is 23.2 Å². The highest BCUT2D eigenvalue weighted by Crippen LogP contribution is 2.23. The molecule has 0 aliphatic carbocycles. The minimum absolute atomic E-state index is 0.628. The van der Waals surface area contributed by atoms with E-state index in [-0.39, 0.29) is 0 Å². The van der Waals surface area contributed by atoms with Crippen molar-refractivity contribution in [1.82, 2.24) is 4.90 Å². The Bertz CT molecular complexity index is 364. The van der Waals surface area contributed by atoms with Crippen molar-refractivity contribution in [2.24, 2.45) is 0 Å². The molecule has 0 amide bonds. The summed E-state index contributed by atoms with van der Waals surface area (Å²) in [6.07, 6.45) is 2.20. The second kappa shape index (κ2) is 6.60. The lowest BCUT2D eigenvalue weighted by atomic mass is 10.1. The van der Waals surface area contributed by atoms with Crippen LogP contribution in [0.5, 0.6) is 0 Å². The number of benzene rings is 1. The molecule has 0 unspecified atom stereocenters. The Morgan fingerprint density at radius 2 is 1.88 bits per heavy atom. The molecular formula is C13H17Cl2NO. The lowest BCUT2D eigenvalue weighted by Crippen LogP contribution is -2.36. The summed E-state index contributed by atoms with van der Waals surface area (Å²) in [6.45, 7) is 4.98. The maximum Gasteiger partial charge on any atom is 0.0595 e. The smallest absolute Gasteiger partial charge is 0.0595 e. The van der Waals surface area contributed by atoms with Crippen molar-refractivity contribution in [2.75, 3.05) is 32.8 Å². The normalized spacial score (nSPS) is 17.3. The standard InChI is InChI=1S/C13H17Cl2NO/c14-12-4-3-11(10-13(12)15)2-1-5-16-6-8-17-9-7-16/h3-4,10H,1-2,5-9H2. The SMILES string of the molecule is Clc1ccc(CCCN2CCOCC2)cc1Cl. The van der Waals surface area contributed by atoms with Crippen LogP contribution in [-0.2, 0) is 11.2 Å². The van der Waals surface area contributed by atoms with Gasteiger partial charge in [0, 0.05) is 13.1 Å². The summed E-state index contributed by atoms with van der Waals surface area (Å²) in [5, 5.41) is 1.28. The van der Waals surface area contributed by atoms with Crippen molar-refractivity contribution in [3.63, 3.8) is 0 Å². The third kappa shape index (κ3) is 4.14. The van der Waals surface area contributed by atoms with E-state index in [4.69, 9.17) is 27.9 Å². The first-order valence-electron chi connectivity index (χ1n) is 6.00. The van der Waals surface area contributed by atoms with Crippen molar-refractivity contribution < 1.29 is 4.74 Å². The van der Waals surface area contributed by atoms with Crippen LogP contribution in [0.4, 0.5) is 0 Å². The summed E-state index contributed by atoms with van der Waals surface area (Å²) in [5.74, 6) is 0. The fourth-order valence-corrected chi connectivity index (χ4v) is 2.35. The van der Waals surface area contributed by atoms with E-state index in [9.17, 15) is 0 Å². The fraction of sp³-hybridized carbons (Fsp3) is 0.538. The van der Waals surface area contributed by atoms with E-state index in [1.54, 1.807) is 0 Å². The molecule has 0 radical (unpaired) electrons. The van der Waals surface area contributed by atoms with Gasteiger partial charge in [-0.3, -0.25) is 4.90 Å². The van der Waals surface area contributed by atoms with E-state index in [0.29, 0.717) is 10.0 Å². The monoisotopic (exact) mass is 273 g/mol. The van der Waals surface area contributed by atoms with Crippen LogP contribution in [0.1, 0.15) is 12.0 Å². The van der Waals surface area contributed by atoms with E-state index in [1.165, 1.54) is 5.56 Å². The quantitative estimate of drug-likeness (QED) is 0.835. The van der Waals surface area contributed by atoms with Crippen LogP contribution in [0, 0.1) is 0 Å². The molecule has 0 spiro atoms. The summed E-state index contributed by atoms with van der Waals surface area (Å²) >= 11 is 11.9. The van der Waals surface area contributed by atoms with E-state index in [1.807, 2.05) is 18.2 Å². The highest BCUT2D eigenvalue weighted by Gasteiger charge is 2.09. The first-order chi connectivity index (χ1) is 8.25. The van der Waals surface area contributed by atoms with Gasteiger partial charge in [-0.05, 0) is 37.1 Å². The largest absolute Gasteiger partial charge is 0.379 e. The van der Waals surface area contributed by atoms with E-state index in [2.05, 4.69) is 4.90 Å². The average Bonchev–Trinajstić information content (AvgIpc) is 2.35. The van der Waals surface area contributed by atoms with Crippen molar-refractivity contribution in [3.05, 3.63) is 33.8 Å². The number of halogens is 2. The Labute approximate surface area is 112 Å². The van der Waals surface area contributed by atoms with Crippen molar-refractivity contribution in [3.8, 4) is 0 Å². The molecule has 0 bridgehead atoms. The van der Waals surface area contributed by atoms with Crippen LogP contribution >= 0.6 is 23.2 Å². The van der Waals surface area contributed by atoms with E-state index >= 15 is 0 Å². The highest BCUT2D eigenvalue weighted by atomic mass is 35.5. The summed E-state index contributed by atoms with van der Waals surface area (Å²) in [6, 6.07) is 5.88. The predicted octanol–water partition coefficient (Wildman–Crippen LogP) is 3.26. The molecule has 1 aliphatic heterocycles. The number of nitrogens with zero attached hydrogens (tertiary/aromatic N) is 1. The maximum atomic E-state index is 5.98. The molecule has 2 nitrogen and oxygen atoms in total. The van der Waals surface area contributed by atoms with Gasteiger partial charge in [0.15, 0.2) is 0 Å². The molecule has 0 atom stereocenters. The Morgan fingerprint density at radius 1 is 1.12 bits per heavy atom. The van der Waals surface area contributed by atoms with Crippen molar-refractivity contribution in [2.45, 2.75) is 12.8 Å². The molecule has 1 aromatic carbocycles. The first kappa shape index (κ1) is 13.2. The zero-order valence-corrected chi connectivity index (χ0v) is 11.3. The zero-order chi connectivity index (χ0) is 12.1. The van der Waals surface area contributed by atoms with Gasteiger partial charge in [-0.25, -0.2) is 0 Å². The van der Waals surface area contributed by atoms with Gasteiger partial charge < -0.3 is 4.74 Å². The molecule has 1 heterocycles. The summed E-state index contributed by atoms with van der Waals surface area (Å²) in [5.41, 5.74) is 1.26. The summed E-state index contributed by atoms with van der Waals surface area (Å²) < 4.78 is 5.32. The number of hydrogen-bond donors (Lipinski definition) is 0. The molecule has 1 aliphatic rings. The number of morpholine rings is 1. The van der Waals surface area contributed by atoms with Crippen LogP contribution in [0.25, 0.3) is 0 Å². The van der Waals surface area contributed by atoms with Crippen LogP contribution in [0.15, 0.2) is 18.2 Å². The van der Waals surface area contributed by atoms with Gasteiger partial charge in [0.2, 0.25) is 0 Å². The van der Waals surface area contributed by atoms with Gasteiger partial charge in [0.25, 0.3) is 0 Å². The Kier molecular flexibility index (Phi) is 5.11. The Hall–Kier alpha value is -0.280. The zero-order valence-electron chi connectivity index (χ0n) is 9.79. The van der Waals surface area contributed by atoms with Crippen LogP contribution < -0.4 is 0 Å². The molecule has 17 heavy (non-hydrogen) atoms. The third-order valence-electron chi connectivity index (χ3n) is 3.03. The topological polar surface area (TPSA) is 12.5 Å². The van der Waals surface area contributed by atoms with Gasteiger partial charge in [-0.1, -0.05) is 29.3 Å². The fourth-order valence-electron chi connectivity index (χ4n) is 2.03. The minimum Gasteiger partial charge on any atom is -0.379 e. The number of ether oxygens (including phenoxy) is 1. The Balaban J connectivity index is 1.75. The Morgan fingerprint density at radius 3 is 2.59 bits per heavy atom. The predicted molar refractivity (Wildman–Crippen MR) is 72.0 cm³/mol. The second-order valence-electron chi connectivity index (χ2n) is 4.31. The third-order valence-corrected chi connectivity index (χ3v) is 3.77. The lowest BCUT2D eigenvalue weighted by Gasteiger charge is -2.26. The summed E-state index contributed by atoms with van der Waals surface area (Å²) in [7, 11) is 0. The van der Waals surface area contributed by atoms with Gasteiger partial charge in [0.05, 0.1) is 23.3 Å². The average molecular weight is 274 g/mol. The molecule has 94 valence electrons. The number of rotatable bonds is 4. The van der Waals surface area contributed by atoms with Crippen LogP contribution in [-0.4, -0.2) is 37.7 Å². The molecular weight excluding hydrogens is 257 g/mol. The first-order valence-corrected chi connectivity index (χ1v) is 6.75. The number of aryl methyl sites for hydroxylation is 1. The van der Waals surface area contributed by atoms with Crippen LogP contribution in [0.3, 0.4) is 0 Å². The number of hydrogen-bond acceptors (Lipinski definition) is 2. The van der Waals surface area contributed by atoms with Gasteiger partial charge in [0.1, 0.15) is 0 Å². The highest BCUT2D eigenvalue weighted by molar-refractivity contribution is 6.42. The minimum atomic E-state index is 0.628. The molecule has 2 rings (SSSR count). The summed E-state index contributed by atoms with van der Waals surface area (Å²) in [4.78, 5) is 2.45. The molecule has 0 aromatic heterocycles. The molecule has 4 heteroatoms. The molecule has 1 fully saturated rings. The maximum absolute atomic E-state index is 5.98. The van der Waals surface area contributed by atoms with Crippen molar-refractivity contribution in [1.29, 1.82) is 0 Å². The van der Waals surface area contributed by atoms with Gasteiger partial charge >= 0.3 is 0 Å². The van der Waals surface area contributed by atoms with Gasteiger partial charge in [-0.2, -0.15) is 0 Å². The molecule has 1 aromatic rings. The lowest BCUT2D eigenvalue weighted by molar-refractivity contribution is 0.0375. The molecule has 1 saturated heterocycles. The van der Waals surface area contributed by atoms with Crippen LogP contribution in [0.2, 0.25) is 10.0 Å². The van der Waals surface area contributed by atoms with E-state index < -0.39 is 0 Å². The van der Waals surface area contributed by atoms with E-state index in [0.717, 1.165) is 45.7 Å². The van der Waals surface area contributed by atoms with Gasteiger partial charge in [-0.15, -0.1) is 0 Å². The molecule has 0 N–H and O–H groups in total. The second-order valence-corrected chi connectivity index (χ2v) is 5.12.